The van der Waals surface area contributed by atoms with E-state index in [4.69, 9.17) is 4.74 Å². The minimum Gasteiger partial charge on any atom is -0.497 e. The topological polar surface area (TPSA) is 38.3 Å². The van der Waals surface area contributed by atoms with E-state index < -0.39 is 0 Å². The number of hydrogen-bond acceptors (Lipinski definition) is 2. The molecule has 2 aromatic rings. The van der Waals surface area contributed by atoms with Crippen LogP contribution >= 0.6 is 0 Å². The number of carbonyl (C=O) groups is 1. The molecule has 2 aromatic carbocycles. The highest BCUT2D eigenvalue weighted by molar-refractivity contribution is 5.95. The van der Waals surface area contributed by atoms with Gasteiger partial charge in [0.2, 0.25) is 5.91 Å². The second-order valence-corrected chi connectivity index (χ2v) is 5.86. The van der Waals surface area contributed by atoms with Gasteiger partial charge in [0.1, 0.15) is 5.75 Å². The molecule has 0 fully saturated rings. The van der Waals surface area contributed by atoms with E-state index >= 15 is 0 Å². The molecule has 1 aliphatic heterocycles. The van der Waals surface area contributed by atoms with Crippen LogP contribution in [0.3, 0.4) is 0 Å². The highest BCUT2D eigenvalue weighted by Gasteiger charge is 2.32. The molecule has 0 spiro atoms. The number of methoxy groups -OCH3 is 1. The average Bonchev–Trinajstić information content (AvgIpc) is 2.72. The predicted molar refractivity (Wildman–Crippen MR) is 92.8 cm³/mol. The number of ether oxygens (including phenoxy) is 1. The summed E-state index contributed by atoms with van der Waals surface area (Å²) in [6.07, 6.45) is 3.33. The number of benzene rings is 2. The average molecular weight is 307 g/mol. The minimum atomic E-state index is -0.117. The zero-order chi connectivity index (χ0) is 16.2. The molecule has 1 N–H and O–H groups in total. The first-order chi connectivity index (χ1) is 11.2. The quantitative estimate of drug-likeness (QED) is 0.861. The molecule has 2 atom stereocenters. The van der Waals surface area contributed by atoms with Crippen molar-refractivity contribution in [1.82, 2.24) is 0 Å². The van der Waals surface area contributed by atoms with Gasteiger partial charge in [-0.2, -0.15) is 0 Å². The molecule has 0 saturated carbocycles. The van der Waals surface area contributed by atoms with Crippen LogP contribution in [0.1, 0.15) is 23.5 Å². The maximum atomic E-state index is 12.7. The highest BCUT2D eigenvalue weighted by atomic mass is 16.5. The van der Waals surface area contributed by atoms with Crippen LogP contribution in [-0.2, 0) is 11.2 Å². The van der Waals surface area contributed by atoms with Crippen molar-refractivity contribution in [2.75, 3.05) is 12.4 Å². The normalized spacial score (nSPS) is 20.1. The van der Waals surface area contributed by atoms with Crippen LogP contribution in [0.5, 0.6) is 5.75 Å². The van der Waals surface area contributed by atoms with Crippen molar-refractivity contribution >= 4 is 11.6 Å². The first kappa shape index (κ1) is 15.3. The molecule has 0 aliphatic carbocycles. The fourth-order valence-corrected chi connectivity index (χ4v) is 3.26. The number of anilines is 1. The van der Waals surface area contributed by atoms with E-state index in [9.17, 15) is 4.79 Å². The Balaban J connectivity index is 2.01. The Morgan fingerprint density at radius 2 is 1.96 bits per heavy atom. The lowest BCUT2D eigenvalue weighted by Crippen LogP contribution is -2.26. The summed E-state index contributed by atoms with van der Waals surface area (Å²) in [6.45, 7) is 3.82. The molecule has 1 aliphatic rings. The first-order valence-corrected chi connectivity index (χ1v) is 7.86. The molecular weight excluding hydrogens is 286 g/mol. The van der Waals surface area contributed by atoms with Crippen molar-refractivity contribution in [2.45, 2.75) is 18.8 Å². The summed E-state index contributed by atoms with van der Waals surface area (Å²) in [5.74, 6) is 0.902. The highest BCUT2D eigenvalue weighted by Crippen LogP contribution is 2.37. The molecule has 0 radical (unpaired) electrons. The SMILES string of the molecule is C=CC[C@@H]1C(=O)Nc2ccccc2C[C@@H]1c1ccc(OC)cc1. The van der Waals surface area contributed by atoms with E-state index in [0.717, 1.165) is 23.4 Å². The van der Waals surface area contributed by atoms with E-state index in [1.54, 1.807) is 7.11 Å². The Kier molecular flexibility index (Phi) is 4.47. The summed E-state index contributed by atoms with van der Waals surface area (Å²) in [7, 11) is 1.66. The Morgan fingerprint density at radius 3 is 2.65 bits per heavy atom. The maximum absolute atomic E-state index is 12.7. The van der Waals surface area contributed by atoms with Gasteiger partial charge >= 0.3 is 0 Å². The predicted octanol–water partition coefficient (Wildman–Crippen LogP) is 4.17. The van der Waals surface area contributed by atoms with Gasteiger partial charge in [-0.15, -0.1) is 6.58 Å². The number of rotatable bonds is 4. The molecule has 0 saturated heterocycles. The molecule has 118 valence electrons. The Bertz CT molecular complexity index is 706. The van der Waals surface area contributed by atoms with Crippen LogP contribution < -0.4 is 10.1 Å². The van der Waals surface area contributed by atoms with Crippen LogP contribution in [0.4, 0.5) is 5.69 Å². The van der Waals surface area contributed by atoms with Gasteiger partial charge in [-0.05, 0) is 48.1 Å². The lowest BCUT2D eigenvalue weighted by molar-refractivity contribution is -0.120. The molecule has 3 nitrogen and oxygen atoms in total. The van der Waals surface area contributed by atoms with Crippen molar-refractivity contribution in [2.24, 2.45) is 5.92 Å². The number of allylic oxidation sites excluding steroid dienone is 1. The van der Waals surface area contributed by atoms with E-state index in [1.165, 1.54) is 5.56 Å². The molecule has 0 aromatic heterocycles. The fraction of sp³-hybridized carbons (Fsp3) is 0.250. The van der Waals surface area contributed by atoms with Gasteiger partial charge in [0.05, 0.1) is 7.11 Å². The van der Waals surface area contributed by atoms with E-state index in [1.807, 2.05) is 36.4 Å². The van der Waals surface area contributed by atoms with Gasteiger partial charge < -0.3 is 10.1 Å². The van der Waals surface area contributed by atoms with Crippen molar-refractivity contribution < 1.29 is 9.53 Å². The lowest BCUT2D eigenvalue weighted by atomic mass is 9.80. The van der Waals surface area contributed by atoms with Crippen LogP contribution in [0.15, 0.2) is 61.2 Å². The molecule has 1 heterocycles. The largest absolute Gasteiger partial charge is 0.497 e. The molecule has 3 rings (SSSR count). The Morgan fingerprint density at radius 1 is 1.22 bits per heavy atom. The Hall–Kier alpha value is -2.55. The van der Waals surface area contributed by atoms with Gasteiger partial charge in [0.15, 0.2) is 0 Å². The second kappa shape index (κ2) is 6.69. The zero-order valence-electron chi connectivity index (χ0n) is 13.3. The lowest BCUT2D eigenvalue weighted by Gasteiger charge is -2.23. The smallest absolute Gasteiger partial charge is 0.228 e. The summed E-state index contributed by atoms with van der Waals surface area (Å²) in [6, 6.07) is 16.0. The molecule has 0 bridgehead atoms. The summed E-state index contributed by atoms with van der Waals surface area (Å²) < 4.78 is 5.24. The van der Waals surface area contributed by atoms with Crippen LogP contribution in [0.25, 0.3) is 0 Å². The van der Waals surface area contributed by atoms with Crippen molar-refractivity contribution in [3.63, 3.8) is 0 Å². The van der Waals surface area contributed by atoms with Gasteiger partial charge in [-0.1, -0.05) is 36.4 Å². The molecule has 1 amide bonds. The maximum Gasteiger partial charge on any atom is 0.228 e. The first-order valence-electron chi connectivity index (χ1n) is 7.86. The van der Waals surface area contributed by atoms with Crippen molar-refractivity contribution in [3.8, 4) is 5.75 Å². The van der Waals surface area contributed by atoms with Crippen LogP contribution in [0.2, 0.25) is 0 Å². The molecule has 3 heteroatoms. The summed E-state index contributed by atoms with van der Waals surface area (Å²) in [5, 5.41) is 3.07. The number of hydrogen-bond donors (Lipinski definition) is 1. The number of amides is 1. The standard InChI is InChI=1S/C20H21NO2/c1-3-6-17-18(14-9-11-16(23-2)12-10-14)13-15-7-4-5-8-19(15)21-20(17)22/h3-5,7-12,17-18H,1,6,13H2,2H3,(H,21,22)/t17-,18+/m0/s1. The van der Waals surface area contributed by atoms with Crippen LogP contribution in [0, 0.1) is 5.92 Å². The minimum absolute atomic E-state index is 0.0654. The zero-order valence-corrected chi connectivity index (χ0v) is 13.3. The fourth-order valence-electron chi connectivity index (χ4n) is 3.26. The van der Waals surface area contributed by atoms with Gasteiger partial charge in [0.25, 0.3) is 0 Å². The van der Waals surface area contributed by atoms with Crippen LogP contribution in [-0.4, -0.2) is 13.0 Å². The molecule has 0 unspecified atom stereocenters. The monoisotopic (exact) mass is 307 g/mol. The van der Waals surface area contributed by atoms with Crippen molar-refractivity contribution in [1.29, 1.82) is 0 Å². The number of fused-ring (bicyclic) bond motifs is 1. The molecular formula is C20H21NO2. The summed E-state index contributed by atoms with van der Waals surface area (Å²) in [4.78, 5) is 12.7. The second-order valence-electron chi connectivity index (χ2n) is 5.86. The summed E-state index contributed by atoms with van der Waals surface area (Å²) in [5.41, 5.74) is 3.25. The molecule has 23 heavy (non-hydrogen) atoms. The summed E-state index contributed by atoms with van der Waals surface area (Å²) >= 11 is 0. The third kappa shape index (κ3) is 3.14. The van der Waals surface area contributed by atoms with Gasteiger partial charge in [0, 0.05) is 11.6 Å². The van der Waals surface area contributed by atoms with E-state index in [-0.39, 0.29) is 17.7 Å². The van der Waals surface area contributed by atoms with Crippen molar-refractivity contribution in [3.05, 3.63) is 72.3 Å². The van der Waals surface area contributed by atoms with Gasteiger partial charge in [-0.3, -0.25) is 4.79 Å². The third-order valence-corrected chi connectivity index (χ3v) is 4.50. The Labute approximate surface area is 137 Å². The van der Waals surface area contributed by atoms with E-state index in [0.29, 0.717) is 6.42 Å². The van der Waals surface area contributed by atoms with Gasteiger partial charge in [-0.25, -0.2) is 0 Å². The number of para-hydroxylation sites is 1. The number of carbonyl (C=O) groups excluding carboxylic acids is 1. The van der Waals surface area contributed by atoms with E-state index in [2.05, 4.69) is 30.1 Å². The third-order valence-electron chi connectivity index (χ3n) is 4.50. The number of nitrogens with one attached hydrogen (secondary N) is 1.